The molecule has 1 aromatic heterocycles. The Labute approximate surface area is 281 Å². The van der Waals surface area contributed by atoms with Gasteiger partial charge in [0, 0.05) is 29.2 Å². The molecule has 9 rings (SSSR count). The van der Waals surface area contributed by atoms with E-state index in [0.717, 1.165) is 28.2 Å². The van der Waals surface area contributed by atoms with Crippen LogP contribution in [0.2, 0.25) is 0 Å². The lowest BCUT2D eigenvalue weighted by Gasteiger charge is -2.34. The minimum atomic E-state index is 0.319. The number of allylic oxidation sites excluding steroid dienone is 4. The van der Waals surface area contributed by atoms with E-state index in [2.05, 4.69) is 157 Å². The average molecular weight is 613 g/mol. The van der Waals surface area contributed by atoms with E-state index in [-0.39, 0.29) is 0 Å². The minimum Gasteiger partial charge on any atom is -0.237 e. The number of rotatable bonds is 5. The second-order valence-electron chi connectivity index (χ2n) is 12.5. The van der Waals surface area contributed by atoms with Gasteiger partial charge in [0.15, 0.2) is 5.82 Å². The molecule has 2 atom stereocenters. The number of aromatic nitrogens is 2. The maximum atomic E-state index is 5.04. The topological polar surface area (TPSA) is 25.8 Å². The summed E-state index contributed by atoms with van der Waals surface area (Å²) < 4.78 is 0. The molecular weight excluding hydrogens is 581 g/mol. The van der Waals surface area contributed by atoms with Gasteiger partial charge in [-0.1, -0.05) is 164 Å². The molecule has 1 heterocycles. The van der Waals surface area contributed by atoms with Crippen LogP contribution in [0.5, 0.6) is 0 Å². The van der Waals surface area contributed by atoms with E-state index in [9.17, 15) is 0 Å². The van der Waals surface area contributed by atoms with Crippen molar-refractivity contribution in [2.24, 2.45) is 0 Å². The summed E-state index contributed by atoms with van der Waals surface area (Å²) in [7, 11) is 0. The number of hydrogen-bond acceptors (Lipinski definition) is 2. The summed E-state index contributed by atoms with van der Waals surface area (Å²) in [6, 6.07) is 54.3. The molecule has 0 saturated carbocycles. The highest BCUT2D eigenvalue weighted by Gasteiger charge is 2.32. The first-order valence-electron chi connectivity index (χ1n) is 16.6. The highest BCUT2D eigenvalue weighted by Crippen LogP contribution is 2.51. The number of hydrogen-bond donors (Lipinski definition) is 0. The zero-order valence-electron chi connectivity index (χ0n) is 26.4. The van der Waals surface area contributed by atoms with Crippen LogP contribution in [-0.4, -0.2) is 9.97 Å². The third-order valence-corrected chi connectivity index (χ3v) is 9.79. The van der Waals surface area contributed by atoms with E-state index in [0.29, 0.717) is 11.8 Å². The highest BCUT2D eigenvalue weighted by molar-refractivity contribution is 5.96. The predicted octanol–water partition coefficient (Wildman–Crippen LogP) is 11.8. The molecule has 7 aromatic rings. The molecule has 2 nitrogen and oxygen atoms in total. The molecule has 0 spiro atoms. The first kappa shape index (κ1) is 28.1. The fourth-order valence-corrected chi connectivity index (χ4v) is 7.58. The van der Waals surface area contributed by atoms with Gasteiger partial charge in [-0.15, -0.1) is 0 Å². The monoisotopic (exact) mass is 612 g/mol. The van der Waals surface area contributed by atoms with E-state index >= 15 is 0 Å². The molecule has 48 heavy (non-hydrogen) atoms. The molecule has 0 fully saturated rings. The SMILES string of the molecule is C1=CC2c3ccccc3-c3ccc(-c4ccccc4-c4ccccc4-c4ccccc4-c4ccnc(-c5ccccc5)n4)cc3C2C=C1. The number of fused-ring (bicyclic) bond motifs is 6. The van der Waals surface area contributed by atoms with Crippen molar-refractivity contribution in [1.29, 1.82) is 0 Å². The Morgan fingerprint density at radius 2 is 0.896 bits per heavy atom. The van der Waals surface area contributed by atoms with E-state index < -0.39 is 0 Å². The smallest absolute Gasteiger partial charge is 0.159 e. The van der Waals surface area contributed by atoms with Crippen molar-refractivity contribution in [2.75, 3.05) is 0 Å². The van der Waals surface area contributed by atoms with Gasteiger partial charge in [0.05, 0.1) is 5.69 Å². The Morgan fingerprint density at radius 3 is 1.60 bits per heavy atom. The minimum absolute atomic E-state index is 0.319. The lowest BCUT2D eigenvalue weighted by Crippen LogP contribution is -2.16. The summed E-state index contributed by atoms with van der Waals surface area (Å²) in [5.74, 6) is 1.40. The van der Waals surface area contributed by atoms with Gasteiger partial charge >= 0.3 is 0 Å². The molecule has 0 bridgehead atoms. The van der Waals surface area contributed by atoms with Crippen molar-refractivity contribution in [3.8, 4) is 67.2 Å². The predicted molar refractivity (Wildman–Crippen MR) is 198 cm³/mol. The molecule has 0 N–H and O–H groups in total. The zero-order chi connectivity index (χ0) is 31.9. The van der Waals surface area contributed by atoms with Crippen molar-refractivity contribution in [3.63, 3.8) is 0 Å². The molecule has 0 aliphatic heterocycles. The number of nitrogens with zero attached hydrogens (tertiary/aromatic N) is 2. The average Bonchev–Trinajstić information content (AvgIpc) is 3.18. The van der Waals surface area contributed by atoms with Gasteiger partial charge in [0.1, 0.15) is 0 Å². The van der Waals surface area contributed by atoms with Crippen LogP contribution < -0.4 is 0 Å². The lowest BCUT2D eigenvalue weighted by atomic mass is 9.69. The van der Waals surface area contributed by atoms with Gasteiger partial charge in [0.2, 0.25) is 0 Å². The van der Waals surface area contributed by atoms with Crippen LogP contribution in [0.15, 0.2) is 182 Å². The maximum absolute atomic E-state index is 5.04. The molecular formula is C46H32N2. The van der Waals surface area contributed by atoms with Crippen LogP contribution in [0.4, 0.5) is 0 Å². The molecule has 6 aromatic carbocycles. The van der Waals surface area contributed by atoms with E-state index in [4.69, 9.17) is 4.98 Å². The Kier molecular flexibility index (Phi) is 6.98. The van der Waals surface area contributed by atoms with Crippen molar-refractivity contribution in [3.05, 3.63) is 193 Å². The molecule has 0 saturated heterocycles. The van der Waals surface area contributed by atoms with Gasteiger partial charge < -0.3 is 0 Å². The second kappa shape index (κ2) is 11.9. The molecule has 2 aliphatic rings. The Hall–Kier alpha value is -6.12. The van der Waals surface area contributed by atoms with Gasteiger partial charge in [-0.05, 0) is 67.8 Å². The molecule has 0 amide bonds. The molecule has 226 valence electrons. The summed E-state index contributed by atoms with van der Waals surface area (Å²) in [4.78, 5) is 9.63. The molecule has 2 unspecified atom stereocenters. The molecule has 2 heteroatoms. The van der Waals surface area contributed by atoms with Crippen molar-refractivity contribution < 1.29 is 0 Å². The third-order valence-electron chi connectivity index (χ3n) is 9.79. The van der Waals surface area contributed by atoms with Gasteiger partial charge in [0.25, 0.3) is 0 Å². The summed E-state index contributed by atoms with van der Waals surface area (Å²) in [6.07, 6.45) is 11.0. The van der Waals surface area contributed by atoms with E-state index in [1.807, 2.05) is 30.5 Å². The maximum Gasteiger partial charge on any atom is 0.159 e. The normalized spacial score (nSPS) is 15.8. The fraction of sp³-hybridized carbons (Fsp3) is 0.0435. The Bertz CT molecular complexity index is 2370. The standard InChI is InChI=1S/C46H32N2/c1-2-14-31(15-3-1)46-47-29-28-45(48-46)43-25-13-12-23-40(43)37-20-8-6-18-35(37)34-17-5-4-16-33(34)32-26-27-42-39-22-9-7-19-36(39)38-21-10-11-24-41(38)44(42)30-32/h1-30,38,41H. The summed E-state index contributed by atoms with van der Waals surface area (Å²) in [5.41, 5.74) is 15.7. The summed E-state index contributed by atoms with van der Waals surface area (Å²) in [6.45, 7) is 0. The number of benzene rings is 6. The largest absolute Gasteiger partial charge is 0.237 e. The van der Waals surface area contributed by atoms with Crippen LogP contribution in [-0.2, 0) is 0 Å². The van der Waals surface area contributed by atoms with Gasteiger partial charge in [-0.2, -0.15) is 0 Å². The van der Waals surface area contributed by atoms with Crippen molar-refractivity contribution in [1.82, 2.24) is 9.97 Å². The summed E-state index contributed by atoms with van der Waals surface area (Å²) in [5, 5.41) is 0. The van der Waals surface area contributed by atoms with E-state index in [1.54, 1.807) is 0 Å². The Balaban J connectivity index is 1.17. The van der Waals surface area contributed by atoms with Crippen molar-refractivity contribution >= 4 is 0 Å². The Morgan fingerprint density at radius 1 is 0.375 bits per heavy atom. The van der Waals surface area contributed by atoms with E-state index in [1.165, 1.54) is 50.1 Å². The van der Waals surface area contributed by atoms with Crippen LogP contribution in [0.1, 0.15) is 23.0 Å². The summed E-state index contributed by atoms with van der Waals surface area (Å²) >= 11 is 0. The quantitative estimate of drug-likeness (QED) is 0.193. The molecule has 0 radical (unpaired) electrons. The van der Waals surface area contributed by atoms with Gasteiger partial charge in [-0.25, -0.2) is 9.97 Å². The molecule has 2 aliphatic carbocycles. The highest BCUT2D eigenvalue weighted by atomic mass is 14.9. The third kappa shape index (κ3) is 4.82. The first-order valence-corrected chi connectivity index (χ1v) is 16.6. The van der Waals surface area contributed by atoms with Crippen molar-refractivity contribution in [2.45, 2.75) is 11.8 Å². The van der Waals surface area contributed by atoms with Crippen LogP contribution in [0, 0.1) is 0 Å². The van der Waals surface area contributed by atoms with Crippen LogP contribution in [0.25, 0.3) is 67.2 Å². The zero-order valence-corrected chi connectivity index (χ0v) is 26.4. The van der Waals surface area contributed by atoms with Crippen LogP contribution >= 0.6 is 0 Å². The fourth-order valence-electron chi connectivity index (χ4n) is 7.58. The van der Waals surface area contributed by atoms with Crippen LogP contribution in [0.3, 0.4) is 0 Å². The first-order chi connectivity index (χ1) is 23.8. The second-order valence-corrected chi connectivity index (χ2v) is 12.5. The lowest BCUT2D eigenvalue weighted by molar-refractivity contribution is 0.720. The van der Waals surface area contributed by atoms with Gasteiger partial charge in [-0.3, -0.25) is 0 Å².